The summed E-state index contributed by atoms with van der Waals surface area (Å²) in [6, 6.07) is 21.4. The van der Waals surface area contributed by atoms with Gasteiger partial charge in [-0.15, -0.1) is 0 Å². The number of aliphatic hydroxyl groups excluding tert-OH is 1. The van der Waals surface area contributed by atoms with E-state index >= 15 is 0 Å². The van der Waals surface area contributed by atoms with Gasteiger partial charge in [0.2, 0.25) is 0 Å². The van der Waals surface area contributed by atoms with Gasteiger partial charge in [0.15, 0.2) is 0 Å². The molecule has 0 aromatic heterocycles. The van der Waals surface area contributed by atoms with Crippen molar-refractivity contribution in [3.05, 3.63) is 60.7 Å². The molecule has 0 aliphatic carbocycles. The van der Waals surface area contributed by atoms with Crippen LogP contribution >= 0.6 is 0 Å². The van der Waals surface area contributed by atoms with Crippen LogP contribution in [-0.4, -0.2) is 51.1 Å². The quantitative estimate of drug-likeness (QED) is 0.697. The van der Waals surface area contributed by atoms with Gasteiger partial charge in [-0.3, -0.25) is 0 Å². The molecule has 0 bridgehead atoms. The van der Waals surface area contributed by atoms with E-state index in [-0.39, 0.29) is 23.4 Å². The lowest BCUT2D eigenvalue weighted by Gasteiger charge is -2.44. The normalized spacial score (nSPS) is 27.0. The molecule has 2 heterocycles. The molecule has 2 aliphatic rings. The van der Waals surface area contributed by atoms with E-state index in [0.717, 1.165) is 19.4 Å². The SMILES string of the molecule is CC(C)(C)[Si](OCC[C@@H]1O[C@@H]2CCCO[C@@H]2C[C@H]1O)(c1ccccc1)c1ccccc1. The second-order valence-corrected chi connectivity index (χ2v) is 14.2. The van der Waals surface area contributed by atoms with Gasteiger partial charge >= 0.3 is 0 Å². The standard InChI is InChI=1S/C26H36O4Si/c1-26(2,3)31(20-11-6-4-7-12-20,21-13-8-5-9-14-21)29-18-16-23-22(27)19-25-24(30-23)15-10-17-28-25/h4-9,11-14,22-25,27H,10,15-19H2,1-3H3/t22-,23+,24-,25-/m1/s1. The Morgan fingerprint density at radius 2 is 1.58 bits per heavy atom. The van der Waals surface area contributed by atoms with E-state index in [2.05, 4.69) is 81.4 Å². The average Bonchev–Trinajstić information content (AvgIpc) is 2.77. The summed E-state index contributed by atoms with van der Waals surface area (Å²) in [7, 11) is -2.55. The first-order valence-electron chi connectivity index (χ1n) is 11.6. The molecule has 4 atom stereocenters. The van der Waals surface area contributed by atoms with Crippen LogP contribution in [0.25, 0.3) is 0 Å². The Bertz CT molecular complexity index is 781. The molecule has 0 amide bonds. The molecule has 2 fully saturated rings. The molecule has 0 saturated carbocycles. The van der Waals surface area contributed by atoms with Crippen molar-refractivity contribution in [2.75, 3.05) is 13.2 Å². The highest BCUT2D eigenvalue weighted by Gasteiger charge is 2.50. The maximum Gasteiger partial charge on any atom is 0.261 e. The molecule has 2 aromatic rings. The second kappa shape index (κ2) is 9.55. The summed E-state index contributed by atoms with van der Waals surface area (Å²) in [6.07, 6.45) is 2.85. The molecule has 4 nitrogen and oxygen atoms in total. The third-order valence-corrected chi connectivity index (χ3v) is 11.8. The molecular weight excluding hydrogens is 404 g/mol. The van der Waals surface area contributed by atoms with Gasteiger partial charge in [0.25, 0.3) is 8.32 Å². The number of hydrogen-bond donors (Lipinski definition) is 1. The van der Waals surface area contributed by atoms with Gasteiger partial charge in [0.1, 0.15) is 0 Å². The van der Waals surface area contributed by atoms with Gasteiger partial charge in [0, 0.05) is 19.6 Å². The van der Waals surface area contributed by atoms with Crippen LogP contribution in [0.1, 0.15) is 46.5 Å². The van der Waals surface area contributed by atoms with Crippen LogP contribution in [0.2, 0.25) is 5.04 Å². The summed E-state index contributed by atoms with van der Waals surface area (Å²) >= 11 is 0. The van der Waals surface area contributed by atoms with E-state index in [4.69, 9.17) is 13.9 Å². The van der Waals surface area contributed by atoms with Crippen molar-refractivity contribution in [3.63, 3.8) is 0 Å². The Morgan fingerprint density at radius 1 is 0.968 bits per heavy atom. The highest BCUT2D eigenvalue weighted by atomic mass is 28.4. The van der Waals surface area contributed by atoms with Crippen LogP contribution in [0, 0.1) is 0 Å². The van der Waals surface area contributed by atoms with E-state index in [1.165, 1.54) is 10.4 Å². The van der Waals surface area contributed by atoms with E-state index in [1.54, 1.807) is 0 Å². The predicted molar refractivity (Wildman–Crippen MR) is 126 cm³/mol. The maximum absolute atomic E-state index is 10.7. The highest BCUT2D eigenvalue weighted by Crippen LogP contribution is 2.37. The summed E-state index contributed by atoms with van der Waals surface area (Å²) in [6.45, 7) is 8.20. The summed E-state index contributed by atoms with van der Waals surface area (Å²) in [5.74, 6) is 0. The van der Waals surface area contributed by atoms with Gasteiger partial charge in [-0.25, -0.2) is 0 Å². The van der Waals surface area contributed by atoms with Crippen LogP contribution in [0.3, 0.4) is 0 Å². The first-order valence-corrected chi connectivity index (χ1v) is 13.5. The van der Waals surface area contributed by atoms with E-state index in [1.807, 2.05) is 0 Å². The molecular formula is C26H36O4Si. The molecule has 168 valence electrons. The third-order valence-electron chi connectivity index (χ3n) is 6.77. The summed E-state index contributed by atoms with van der Waals surface area (Å²) in [5, 5.41) is 13.2. The van der Waals surface area contributed by atoms with E-state index in [9.17, 15) is 5.11 Å². The van der Waals surface area contributed by atoms with Gasteiger partial charge < -0.3 is 19.0 Å². The smallest absolute Gasteiger partial charge is 0.261 e. The molecule has 4 rings (SSSR count). The minimum atomic E-state index is -2.55. The topological polar surface area (TPSA) is 47.9 Å². The predicted octanol–water partition coefficient (Wildman–Crippen LogP) is 3.65. The molecule has 2 saturated heterocycles. The van der Waals surface area contributed by atoms with Crippen LogP contribution in [-0.2, 0) is 13.9 Å². The monoisotopic (exact) mass is 440 g/mol. The first kappa shape index (κ1) is 22.7. The van der Waals surface area contributed by atoms with Crippen LogP contribution in [0.15, 0.2) is 60.7 Å². The van der Waals surface area contributed by atoms with Crippen LogP contribution in [0.5, 0.6) is 0 Å². The molecule has 0 unspecified atom stereocenters. The maximum atomic E-state index is 10.7. The zero-order chi connectivity index (χ0) is 21.9. The Labute approximate surface area is 187 Å². The Hall–Kier alpha value is -1.50. The lowest BCUT2D eigenvalue weighted by Crippen LogP contribution is -2.66. The Morgan fingerprint density at radius 3 is 2.16 bits per heavy atom. The van der Waals surface area contributed by atoms with Crippen molar-refractivity contribution in [1.82, 2.24) is 0 Å². The van der Waals surface area contributed by atoms with Gasteiger partial charge in [0.05, 0.1) is 24.4 Å². The number of ether oxygens (including phenoxy) is 2. The minimum absolute atomic E-state index is 0.0394. The molecule has 2 aliphatic heterocycles. The fraction of sp³-hybridized carbons (Fsp3) is 0.538. The van der Waals surface area contributed by atoms with Gasteiger partial charge in [-0.05, 0) is 34.7 Å². The van der Waals surface area contributed by atoms with Crippen molar-refractivity contribution in [3.8, 4) is 0 Å². The van der Waals surface area contributed by atoms with E-state index < -0.39 is 14.4 Å². The minimum Gasteiger partial charge on any atom is -0.407 e. The third kappa shape index (κ3) is 4.66. The molecule has 1 N–H and O–H groups in total. The van der Waals surface area contributed by atoms with Crippen molar-refractivity contribution < 1.29 is 19.0 Å². The number of fused-ring (bicyclic) bond motifs is 1. The fourth-order valence-electron chi connectivity index (χ4n) is 5.24. The number of hydrogen-bond acceptors (Lipinski definition) is 4. The van der Waals surface area contributed by atoms with Crippen molar-refractivity contribution in [2.24, 2.45) is 0 Å². The molecule has 2 aromatic carbocycles. The van der Waals surface area contributed by atoms with Crippen LogP contribution in [0.4, 0.5) is 0 Å². The molecule has 31 heavy (non-hydrogen) atoms. The molecule has 5 heteroatoms. The van der Waals surface area contributed by atoms with Crippen LogP contribution < -0.4 is 10.4 Å². The summed E-state index contributed by atoms with van der Waals surface area (Å²) in [5.41, 5.74) is 0. The second-order valence-electron chi connectivity index (χ2n) is 9.87. The lowest BCUT2D eigenvalue weighted by atomic mass is 9.93. The largest absolute Gasteiger partial charge is 0.407 e. The summed E-state index contributed by atoms with van der Waals surface area (Å²) in [4.78, 5) is 0. The summed E-state index contributed by atoms with van der Waals surface area (Å²) < 4.78 is 19.1. The fourth-order valence-corrected chi connectivity index (χ4v) is 9.82. The average molecular weight is 441 g/mol. The van der Waals surface area contributed by atoms with Gasteiger partial charge in [-0.1, -0.05) is 81.4 Å². The van der Waals surface area contributed by atoms with Gasteiger partial charge in [-0.2, -0.15) is 0 Å². The zero-order valence-corrected chi connectivity index (χ0v) is 20.0. The first-order chi connectivity index (χ1) is 14.9. The van der Waals surface area contributed by atoms with Crippen molar-refractivity contribution in [1.29, 1.82) is 0 Å². The molecule has 0 spiro atoms. The number of benzene rings is 2. The van der Waals surface area contributed by atoms with Crippen molar-refractivity contribution in [2.45, 2.75) is 75.9 Å². The highest BCUT2D eigenvalue weighted by molar-refractivity contribution is 6.99. The van der Waals surface area contributed by atoms with Crippen molar-refractivity contribution >= 4 is 18.7 Å². The Kier molecular flexibility index (Phi) is 6.99. The zero-order valence-electron chi connectivity index (χ0n) is 19.0. The Balaban J connectivity index is 1.56. The number of rotatable bonds is 6. The van der Waals surface area contributed by atoms with E-state index in [0.29, 0.717) is 19.4 Å². The number of aliphatic hydroxyl groups is 1. The molecule has 0 radical (unpaired) electrons. The lowest BCUT2D eigenvalue weighted by molar-refractivity contribution is -0.204.